The predicted molar refractivity (Wildman–Crippen MR) is 44.2 cm³/mol. The summed E-state index contributed by atoms with van der Waals surface area (Å²) in [5.74, 6) is -6.64. The summed E-state index contributed by atoms with van der Waals surface area (Å²) in [7, 11) is 0.841. The Morgan fingerprint density at radius 2 is 1.56 bits per heavy atom. The number of methoxy groups -OCH3 is 1. The lowest BCUT2D eigenvalue weighted by Crippen LogP contribution is -2.59. The Morgan fingerprint density at radius 3 is 1.83 bits per heavy atom. The van der Waals surface area contributed by atoms with E-state index in [9.17, 15) is 31.1 Å². The zero-order chi connectivity index (χ0) is 14.8. The van der Waals surface area contributed by atoms with Gasteiger partial charge < -0.3 is 14.6 Å². The van der Waals surface area contributed by atoms with Crippen molar-refractivity contribution in [2.45, 2.75) is 18.1 Å². The maximum absolute atomic E-state index is 12.1. The van der Waals surface area contributed by atoms with Crippen molar-refractivity contribution in [1.82, 2.24) is 0 Å². The third kappa shape index (κ3) is 3.35. The van der Waals surface area contributed by atoms with Gasteiger partial charge in [-0.15, -0.1) is 0 Å². The number of rotatable bonds is 4. The number of carbonyl (C=O) groups excluding carboxylic acids is 1. The Bertz CT molecular complexity index is 317. The number of hydrogen-bond donors (Lipinski definition) is 1. The predicted octanol–water partition coefficient (Wildman–Crippen LogP) is 1.55. The van der Waals surface area contributed by atoms with Crippen LogP contribution in [-0.2, 0) is 14.3 Å². The van der Waals surface area contributed by atoms with Crippen molar-refractivity contribution in [1.29, 1.82) is 0 Å². The van der Waals surface area contributed by atoms with E-state index in [-0.39, 0.29) is 0 Å². The van der Waals surface area contributed by atoms with Crippen LogP contribution in [0, 0.1) is 0 Å². The van der Waals surface area contributed by atoms with Crippen LogP contribution in [0.5, 0.6) is 0 Å². The first kappa shape index (κ1) is 16.7. The molecule has 0 aromatic carbocycles. The van der Waals surface area contributed by atoms with Gasteiger partial charge in [-0.25, -0.2) is 4.79 Å². The summed E-state index contributed by atoms with van der Waals surface area (Å²) in [5, 5.41) is 8.52. The minimum Gasteiger partial charge on any atom is -0.466 e. The minimum absolute atomic E-state index is 0.815. The van der Waals surface area contributed by atoms with E-state index in [1.165, 1.54) is 0 Å². The zero-order valence-corrected chi connectivity index (χ0v) is 8.85. The van der Waals surface area contributed by atoms with E-state index in [2.05, 4.69) is 16.1 Å². The van der Waals surface area contributed by atoms with Gasteiger partial charge in [0.1, 0.15) is 0 Å². The summed E-state index contributed by atoms with van der Waals surface area (Å²) in [6, 6.07) is 0. The maximum atomic E-state index is 12.1. The molecule has 4 nitrogen and oxygen atoms in total. The molecule has 0 spiro atoms. The monoisotopic (exact) mass is 282 g/mol. The molecule has 0 saturated carbocycles. The molecule has 0 heterocycles. The fourth-order valence-corrected chi connectivity index (χ4v) is 0.719. The van der Waals surface area contributed by atoms with Crippen molar-refractivity contribution >= 4 is 5.97 Å². The van der Waals surface area contributed by atoms with E-state index < -0.39 is 36.3 Å². The highest BCUT2D eigenvalue weighted by molar-refractivity contribution is 5.87. The van der Waals surface area contributed by atoms with Gasteiger partial charge in [-0.2, -0.15) is 26.3 Å². The van der Waals surface area contributed by atoms with Crippen LogP contribution >= 0.6 is 0 Å². The van der Waals surface area contributed by atoms with Crippen molar-refractivity contribution in [3.8, 4) is 0 Å². The van der Waals surface area contributed by atoms with Gasteiger partial charge in [-0.1, -0.05) is 6.58 Å². The van der Waals surface area contributed by atoms with Crippen LogP contribution in [0.4, 0.5) is 26.3 Å². The molecule has 0 aliphatic carbocycles. The summed E-state index contributed by atoms with van der Waals surface area (Å²) in [5.41, 5.74) is -0.815. The molecule has 0 radical (unpaired) electrons. The molecule has 0 amide bonds. The fraction of sp³-hybridized carbons (Fsp3) is 0.625. The number of carbonyl (C=O) groups is 1. The third-order valence-corrected chi connectivity index (χ3v) is 1.70. The molecule has 106 valence electrons. The molecular weight excluding hydrogens is 274 g/mol. The third-order valence-electron chi connectivity index (χ3n) is 1.70. The molecular formula is C8H8F6O4. The molecule has 0 aliphatic heterocycles. The van der Waals surface area contributed by atoms with Crippen molar-refractivity contribution in [3.05, 3.63) is 12.2 Å². The van der Waals surface area contributed by atoms with E-state index in [1.807, 2.05) is 0 Å². The molecule has 0 saturated heterocycles. The first-order valence-electron chi connectivity index (χ1n) is 4.12. The summed E-state index contributed by atoms with van der Waals surface area (Å²) in [4.78, 5) is 10.7. The summed E-state index contributed by atoms with van der Waals surface area (Å²) >= 11 is 0. The van der Waals surface area contributed by atoms with Crippen LogP contribution in [0.25, 0.3) is 0 Å². The Balaban J connectivity index is 4.98. The second kappa shape index (κ2) is 5.14. The summed E-state index contributed by atoms with van der Waals surface area (Å²) < 4.78 is 79.9. The van der Waals surface area contributed by atoms with Gasteiger partial charge in [-0.05, 0) is 0 Å². The Kier molecular flexibility index (Phi) is 4.77. The molecule has 10 heteroatoms. The lowest BCUT2D eigenvalue weighted by atomic mass is 10.2. The average Bonchev–Trinajstić information content (AvgIpc) is 2.20. The fourth-order valence-electron chi connectivity index (χ4n) is 0.719. The largest absolute Gasteiger partial charge is 0.466 e. The normalized spacial score (nSPS) is 13.3. The van der Waals surface area contributed by atoms with Gasteiger partial charge in [-0.3, -0.25) is 0 Å². The molecule has 0 atom stereocenters. The van der Waals surface area contributed by atoms with Crippen LogP contribution in [0.15, 0.2) is 12.2 Å². The molecule has 0 fully saturated rings. The van der Waals surface area contributed by atoms with Gasteiger partial charge in [0.2, 0.25) is 0 Å². The van der Waals surface area contributed by atoms with Gasteiger partial charge in [0.15, 0.2) is 0 Å². The summed E-state index contributed by atoms with van der Waals surface area (Å²) in [6.07, 6.45) is -12.2. The van der Waals surface area contributed by atoms with E-state index in [0.29, 0.717) is 0 Å². The van der Waals surface area contributed by atoms with Gasteiger partial charge in [0, 0.05) is 0 Å². The molecule has 0 aromatic rings. The van der Waals surface area contributed by atoms with Crippen LogP contribution in [0.3, 0.4) is 0 Å². The smallest absolute Gasteiger partial charge is 0.453 e. The van der Waals surface area contributed by atoms with Crippen LogP contribution in [0.2, 0.25) is 0 Å². The molecule has 18 heavy (non-hydrogen) atoms. The molecule has 1 N–H and O–H groups in total. The Labute approximate surface area is 96.8 Å². The van der Waals surface area contributed by atoms with E-state index in [4.69, 9.17) is 5.11 Å². The van der Waals surface area contributed by atoms with Crippen molar-refractivity contribution in [3.63, 3.8) is 0 Å². The first-order valence-corrected chi connectivity index (χ1v) is 4.12. The Morgan fingerprint density at radius 1 is 1.17 bits per heavy atom. The molecule has 0 rings (SSSR count). The molecule has 0 unspecified atom stereocenters. The van der Waals surface area contributed by atoms with Crippen molar-refractivity contribution in [2.75, 3.05) is 13.7 Å². The number of esters is 1. The standard InChI is InChI=1S/C8H8F6O4/c1-4(5(15)17-2)3-18-6(16,7(9,10)11)8(12,13)14/h16H,1,3H2,2H3. The van der Waals surface area contributed by atoms with Crippen molar-refractivity contribution < 1.29 is 45.7 Å². The van der Waals surface area contributed by atoms with Crippen LogP contribution < -0.4 is 0 Å². The van der Waals surface area contributed by atoms with Crippen molar-refractivity contribution in [2.24, 2.45) is 0 Å². The molecule has 0 bridgehead atoms. The lowest BCUT2D eigenvalue weighted by Gasteiger charge is -2.31. The minimum atomic E-state index is -6.12. The number of ether oxygens (including phenoxy) is 2. The van der Waals surface area contributed by atoms with Gasteiger partial charge >= 0.3 is 24.1 Å². The summed E-state index contributed by atoms with van der Waals surface area (Å²) in [6.45, 7) is 1.35. The van der Waals surface area contributed by atoms with Crippen LogP contribution in [0.1, 0.15) is 0 Å². The van der Waals surface area contributed by atoms with E-state index >= 15 is 0 Å². The second-order valence-electron chi connectivity index (χ2n) is 3.02. The van der Waals surface area contributed by atoms with E-state index in [1.54, 1.807) is 0 Å². The lowest BCUT2D eigenvalue weighted by molar-refractivity contribution is -0.455. The van der Waals surface area contributed by atoms with E-state index in [0.717, 1.165) is 7.11 Å². The quantitative estimate of drug-likeness (QED) is 0.368. The van der Waals surface area contributed by atoms with Gasteiger partial charge in [0.25, 0.3) is 0 Å². The number of aliphatic hydroxyl groups is 1. The number of halogens is 6. The second-order valence-corrected chi connectivity index (χ2v) is 3.02. The Hall–Kier alpha value is -1.29. The first-order chi connectivity index (χ1) is 7.87. The van der Waals surface area contributed by atoms with Gasteiger partial charge in [0.05, 0.1) is 19.3 Å². The van der Waals surface area contributed by atoms with Crippen LogP contribution in [-0.4, -0.2) is 42.9 Å². The highest BCUT2D eigenvalue weighted by Crippen LogP contribution is 2.43. The highest BCUT2D eigenvalue weighted by atomic mass is 19.4. The zero-order valence-electron chi connectivity index (χ0n) is 8.85. The highest BCUT2D eigenvalue weighted by Gasteiger charge is 2.72. The average molecular weight is 282 g/mol. The topological polar surface area (TPSA) is 55.8 Å². The SMILES string of the molecule is C=C(COC(O)(C(F)(F)F)C(F)(F)F)C(=O)OC. The molecule has 0 aromatic heterocycles. The number of alkyl halides is 6. The molecule has 0 aliphatic rings. The number of hydrogen-bond acceptors (Lipinski definition) is 4. The maximum Gasteiger partial charge on any atom is 0.453 e.